The third kappa shape index (κ3) is 6.51. The fourth-order valence-electron chi connectivity index (χ4n) is 3.20. The van der Waals surface area contributed by atoms with Crippen molar-refractivity contribution in [1.29, 1.82) is 0 Å². The SMILES string of the molecule is CC(C)CN1CCC(C)(Nc2ccc(CCOS(=O)O)cc2)CC1. The lowest BCUT2D eigenvalue weighted by Gasteiger charge is -2.41. The zero-order valence-corrected chi connectivity index (χ0v) is 15.8. The summed E-state index contributed by atoms with van der Waals surface area (Å²) in [6, 6.07) is 8.25. The second-order valence-corrected chi connectivity index (χ2v) is 8.04. The van der Waals surface area contributed by atoms with Crippen molar-refractivity contribution in [3.8, 4) is 0 Å². The lowest BCUT2D eigenvalue weighted by Crippen LogP contribution is -2.48. The van der Waals surface area contributed by atoms with Gasteiger partial charge in [-0.1, -0.05) is 26.0 Å². The Morgan fingerprint density at radius 2 is 1.92 bits per heavy atom. The summed E-state index contributed by atoms with van der Waals surface area (Å²) in [4.78, 5) is 2.56. The molecule has 1 fully saturated rings. The highest BCUT2D eigenvalue weighted by atomic mass is 32.2. The molecule has 0 amide bonds. The van der Waals surface area contributed by atoms with Crippen molar-refractivity contribution in [1.82, 2.24) is 4.90 Å². The first-order chi connectivity index (χ1) is 11.4. The third-order valence-corrected chi connectivity index (χ3v) is 4.93. The molecule has 0 spiro atoms. The first kappa shape index (κ1) is 19.4. The maximum absolute atomic E-state index is 10.5. The number of piperidine rings is 1. The molecule has 0 radical (unpaired) electrons. The Kier molecular flexibility index (Phi) is 7.22. The molecular weight excluding hydrogens is 324 g/mol. The summed E-state index contributed by atoms with van der Waals surface area (Å²) in [7, 11) is 0. The number of rotatable bonds is 8. The van der Waals surface area contributed by atoms with Gasteiger partial charge in [0.1, 0.15) is 0 Å². The predicted molar refractivity (Wildman–Crippen MR) is 99.4 cm³/mol. The van der Waals surface area contributed by atoms with Gasteiger partial charge in [-0.05, 0) is 49.8 Å². The van der Waals surface area contributed by atoms with E-state index in [1.54, 1.807) is 0 Å². The highest BCUT2D eigenvalue weighted by Crippen LogP contribution is 2.27. The van der Waals surface area contributed by atoms with Crippen LogP contribution in [0.15, 0.2) is 24.3 Å². The monoisotopic (exact) mass is 354 g/mol. The van der Waals surface area contributed by atoms with Crippen LogP contribution in [0.2, 0.25) is 0 Å². The molecular formula is C18H30N2O3S. The second-order valence-electron chi connectivity index (χ2n) is 7.37. The maximum atomic E-state index is 10.5. The number of nitrogens with one attached hydrogen (secondary N) is 1. The highest BCUT2D eigenvalue weighted by Gasteiger charge is 2.29. The molecule has 0 aliphatic carbocycles. The molecule has 1 atom stereocenters. The summed E-state index contributed by atoms with van der Waals surface area (Å²) in [5, 5.41) is 3.69. The molecule has 136 valence electrons. The molecule has 0 saturated carbocycles. The first-order valence-electron chi connectivity index (χ1n) is 8.70. The van der Waals surface area contributed by atoms with Crippen LogP contribution in [0.3, 0.4) is 0 Å². The Hall–Kier alpha value is -0.950. The van der Waals surface area contributed by atoms with Crippen LogP contribution < -0.4 is 5.32 Å². The molecule has 1 saturated heterocycles. The van der Waals surface area contributed by atoms with E-state index >= 15 is 0 Å². The summed E-state index contributed by atoms with van der Waals surface area (Å²) < 4.78 is 23.7. The number of benzene rings is 1. The van der Waals surface area contributed by atoms with Gasteiger partial charge in [0.25, 0.3) is 0 Å². The molecule has 1 aromatic carbocycles. The second kappa shape index (κ2) is 8.94. The quantitative estimate of drug-likeness (QED) is 0.701. The van der Waals surface area contributed by atoms with Gasteiger partial charge in [-0.2, -0.15) is 4.21 Å². The van der Waals surface area contributed by atoms with E-state index in [0.717, 1.165) is 43.1 Å². The molecule has 6 heteroatoms. The number of hydrogen-bond donors (Lipinski definition) is 2. The Morgan fingerprint density at radius 3 is 2.46 bits per heavy atom. The molecule has 1 heterocycles. The smallest absolute Gasteiger partial charge is 0.301 e. The van der Waals surface area contributed by atoms with E-state index < -0.39 is 11.4 Å². The van der Waals surface area contributed by atoms with Crippen molar-refractivity contribution >= 4 is 17.0 Å². The molecule has 0 bridgehead atoms. The van der Waals surface area contributed by atoms with Gasteiger partial charge < -0.3 is 10.2 Å². The fraction of sp³-hybridized carbons (Fsp3) is 0.667. The van der Waals surface area contributed by atoms with Crippen LogP contribution in [-0.2, 0) is 22.0 Å². The van der Waals surface area contributed by atoms with Gasteiger partial charge in [-0.3, -0.25) is 8.74 Å². The molecule has 1 aromatic rings. The van der Waals surface area contributed by atoms with Gasteiger partial charge >= 0.3 is 11.4 Å². The fourth-order valence-corrected chi connectivity index (χ4v) is 3.43. The van der Waals surface area contributed by atoms with Crippen LogP contribution in [0.1, 0.15) is 39.2 Å². The van der Waals surface area contributed by atoms with E-state index in [2.05, 4.69) is 47.3 Å². The molecule has 24 heavy (non-hydrogen) atoms. The van der Waals surface area contributed by atoms with Crippen molar-refractivity contribution in [2.45, 2.75) is 45.6 Å². The highest BCUT2D eigenvalue weighted by molar-refractivity contribution is 7.74. The minimum atomic E-state index is -2.18. The third-order valence-electron chi connectivity index (χ3n) is 4.56. The molecule has 2 N–H and O–H groups in total. The summed E-state index contributed by atoms with van der Waals surface area (Å²) in [6.07, 6.45) is 2.93. The van der Waals surface area contributed by atoms with Gasteiger partial charge in [0.15, 0.2) is 0 Å². The standard InChI is InChI=1S/C18H30N2O3S/c1-15(2)14-20-11-9-18(3,10-12-20)19-17-6-4-16(5-7-17)8-13-23-24(21)22/h4-7,15,19H,8-14H2,1-3H3,(H,21,22). The van der Waals surface area contributed by atoms with Gasteiger partial charge in [0.05, 0.1) is 6.61 Å². The lowest BCUT2D eigenvalue weighted by atomic mass is 9.89. The van der Waals surface area contributed by atoms with Crippen LogP contribution in [-0.4, -0.2) is 45.4 Å². The zero-order valence-electron chi connectivity index (χ0n) is 15.0. The molecule has 0 aromatic heterocycles. The van der Waals surface area contributed by atoms with Crippen molar-refractivity contribution in [2.24, 2.45) is 5.92 Å². The van der Waals surface area contributed by atoms with Crippen molar-refractivity contribution in [3.05, 3.63) is 29.8 Å². The van der Waals surface area contributed by atoms with Crippen LogP contribution in [0.25, 0.3) is 0 Å². The van der Waals surface area contributed by atoms with Gasteiger partial charge in [-0.15, -0.1) is 0 Å². The summed E-state index contributed by atoms with van der Waals surface area (Å²) >= 11 is -2.18. The average molecular weight is 355 g/mol. The van der Waals surface area contributed by atoms with Crippen LogP contribution >= 0.6 is 0 Å². The largest absolute Gasteiger partial charge is 0.380 e. The summed E-state index contributed by atoms with van der Waals surface area (Å²) in [5.74, 6) is 0.724. The van der Waals surface area contributed by atoms with E-state index in [1.165, 1.54) is 6.54 Å². The number of likely N-dealkylation sites (tertiary alicyclic amines) is 1. The zero-order chi connectivity index (χ0) is 17.6. The van der Waals surface area contributed by atoms with E-state index in [1.807, 2.05) is 12.1 Å². The lowest BCUT2D eigenvalue weighted by molar-refractivity contribution is 0.166. The van der Waals surface area contributed by atoms with Gasteiger partial charge in [0, 0.05) is 30.9 Å². The van der Waals surface area contributed by atoms with Crippen molar-refractivity contribution in [2.75, 3.05) is 31.6 Å². The number of hydrogen-bond acceptors (Lipinski definition) is 4. The number of anilines is 1. The first-order valence-corrected chi connectivity index (χ1v) is 9.73. The summed E-state index contributed by atoms with van der Waals surface area (Å²) in [6.45, 7) is 10.6. The predicted octanol–water partition coefficient (Wildman–Crippen LogP) is 3.30. The Bertz CT molecular complexity index is 526. The number of nitrogens with zero attached hydrogens (tertiary/aromatic N) is 1. The van der Waals surface area contributed by atoms with Crippen molar-refractivity contribution < 1.29 is 12.9 Å². The molecule has 1 aliphatic heterocycles. The topological polar surface area (TPSA) is 61.8 Å². The van der Waals surface area contributed by atoms with E-state index in [4.69, 9.17) is 4.55 Å². The molecule has 1 aliphatic rings. The van der Waals surface area contributed by atoms with E-state index in [9.17, 15) is 4.21 Å². The Labute approximate surface area is 148 Å². The Morgan fingerprint density at radius 1 is 1.29 bits per heavy atom. The molecule has 5 nitrogen and oxygen atoms in total. The maximum Gasteiger partial charge on any atom is 0.301 e. The van der Waals surface area contributed by atoms with Crippen molar-refractivity contribution in [3.63, 3.8) is 0 Å². The minimum absolute atomic E-state index is 0.145. The van der Waals surface area contributed by atoms with Crippen LogP contribution in [0, 0.1) is 5.92 Å². The normalized spacial score (nSPS) is 19.4. The molecule has 1 unspecified atom stereocenters. The van der Waals surface area contributed by atoms with Crippen LogP contribution in [0.4, 0.5) is 5.69 Å². The van der Waals surface area contributed by atoms with E-state index in [0.29, 0.717) is 6.42 Å². The summed E-state index contributed by atoms with van der Waals surface area (Å²) in [5.41, 5.74) is 2.37. The van der Waals surface area contributed by atoms with Crippen LogP contribution in [0.5, 0.6) is 0 Å². The van der Waals surface area contributed by atoms with Gasteiger partial charge in [0.2, 0.25) is 0 Å². The Balaban J connectivity index is 1.81. The average Bonchev–Trinajstić information content (AvgIpc) is 2.51. The molecule has 2 rings (SSSR count). The minimum Gasteiger partial charge on any atom is -0.380 e. The van der Waals surface area contributed by atoms with Gasteiger partial charge in [-0.25, -0.2) is 0 Å². The van der Waals surface area contributed by atoms with E-state index in [-0.39, 0.29) is 12.1 Å².